The molecule has 8 nitrogen and oxygen atoms in total. The van der Waals surface area contributed by atoms with E-state index >= 15 is 0 Å². The van der Waals surface area contributed by atoms with Crippen molar-refractivity contribution in [2.24, 2.45) is 0 Å². The number of amides is 4. The Kier molecular flexibility index (Phi) is 5.99. The summed E-state index contributed by atoms with van der Waals surface area (Å²) in [6, 6.07) is 6.29. The highest BCUT2D eigenvalue weighted by Gasteiger charge is 2.39. The average molecular weight is 421 g/mol. The zero-order valence-electron chi connectivity index (χ0n) is 15.9. The zero-order chi connectivity index (χ0) is 21.9. The highest BCUT2D eigenvalue weighted by Crippen LogP contribution is 2.33. The van der Waals surface area contributed by atoms with E-state index in [-0.39, 0.29) is 24.6 Å². The van der Waals surface area contributed by atoms with Gasteiger partial charge in [-0.1, -0.05) is 12.1 Å². The third-order valence-electron chi connectivity index (χ3n) is 4.43. The molecule has 0 unspecified atom stereocenters. The van der Waals surface area contributed by atoms with Crippen LogP contribution in [0.4, 0.5) is 23.8 Å². The number of imide groups is 1. The second-order valence-electron chi connectivity index (χ2n) is 6.42. The van der Waals surface area contributed by atoms with Crippen LogP contribution in [0.5, 0.6) is 0 Å². The van der Waals surface area contributed by atoms with Crippen molar-refractivity contribution in [3.8, 4) is 0 Å². The van der Waals surface area contributed by atoms with Crippen molar-refractivity contribution in [2.75, 3.05) is 24.5 Å². The van der Waals surface area contributed by atoms with Gasteiger partial charge in [0.25, 0.3) is 11.8 Å². The number of aromatic nitrogens is 2. The van der Waals surface area contributed by atoms with Crippen LogP contribution >= 0.6 is 0 Å². The van der Waals surface area contributed by atoms with E-state index in [1.54, 1.807) is 6.92 Å². The van der Waals surface area contributed by atoms with Crippen molar-refractivity contribution in [3.63, 3.8) is 0 Å². The summed E-state index contributed by atoms with van der Waals surface area (Å²) in [6.45, 7) is 2.33. The number of carbonyl (C=O) groups excluding carboxylic acids is 3. The Morgan fingerprint density at radius 2 is 1.83 bits per heavy atom. The lowest BCUT2D eigenvalue weighted by molar-refractivity contribution is -0.138. The SMILES string of the molecule is CCNC(=O)c1ccc(N2CCCN(C(=O)c3ccccc3C(F)(F)F)C2=O)nn1. The van der Waals surface area contributed by atoms with Gasteiger partial charge in [-0.25, -0.2) is 4.79 Å². The van der Waals surface area contributed by atoms with Gasteiger partial charge >= 0.3 is 12.2 Å². The van der Waals surface area contributed by atoms with Crippen molar-refractivity contribution in [1.29, 1.82) is 0 Å². The van der Waals surface area contributed by atoms with Gasteiger partial charge in [-0.2, -0.15) is 13.2 Å². The molecule has 0 bridgehead atoms. The Balaban J connectivity index is 1.84. The number of halogens is 3. The van der Waals surface area contributed by atoms with Crippen LogP contribution < -0.4 is 10.2 Å². The van der Waals surface area contributed by atoms with Gasteiger partial charge in [-0.05, 0) is 37.6 Å². The number of nitrogens with zero attached hydrogens (tertiary/aromatic N) is 4. The average Bonchev–Trinajstić information content (AvgIpc) is 2.73. The molecule has 1 fully saturated rings. The van der Waals surface area contributed by atoms with Gasteiger partial charge in [-0.3, -0.25) is 19.4 Å². The second-order valence-corrected chi connectivity index (χ2v) is 6.42. The Bertz CT molecular complexity index is 963. The summed E-state index contributed by atoms with van der Waals surface area (Å²) in [7, 11) is 0. The van der Waals surface area contributed by atoms with Gasteiger partial charge in [0, 0.05) is 19.6 Å². The predicted octanol–water partition coefficient (Wildman–Crippen LogP) is 2.72. The summed E-state index contributed by atoms with van der Waals surface area (Å²) >= 11 is 0. The molecule has 11 heteroatoms. The van der Waals surface area contributed by atoms with Crippen LogP contribution in [-0.2, 0) is 6.18 Å². The van der Waals surface area contributed by atoms with E-state index in [9.17, 15) is 27.6 Å². The van der Waals surface area contributed by atoms with Crippen LogP contribution in [0.1, 0.15) is 39.8 Å². The van der Waals surface area contributed by atoms with Crippen LogP contribution in [0.2, 0.25) is 0 Å². The molecule has 0 radical (unpaired) electrons. The molecule has 1 aromatic heterocycles. The third-order valence-corrected chi connectivity index (χ3v) is 4.43. The molecule has 4 amide bonds. The first-order valence-electron chi connectivity index (χ1n) is 9.15. The van der Waals surface area contributed by atoms with Gasteiger partial charge in [0.15, 0.2) is 11.5 Å². The van der Waals surface area contributed by atoms with E-state index in [0.29, 0.717) is 13.0 Å². The number of rotatable bonds is 4. The van der Waals surface area contributed by atoms with E-state index in [1.807, 2.05) is 0 Å². The van der Waals surface area contributed by atoms with Gasteiger partial charge in [0.1, 0.15) is 0 Å². The molecule has 1 aliphatic rings. The van der Waals surface area contributed by atoms with Gasteiger partial charge < -0.3 is 5.32 Å². The number of anilines is 1. The van der Waals surface area contributed by atoms with Crippen molar-refractivity contribution in [2.45, 2.75) is 19.5 Å². The molecule has 1 saturated heterocycles. The topological polar surface area (TPSA) is 95.5 Å². The molecular formula is C19H18F3N5O3. The van der Waals surface area contributed by atoms with Crippen LogP contribution in [0.25, 0.3) is 0 Å². The van der Waals surface area contributed by atoms with E-state index in [0.717, 1.165) is 21.9 Å². The molecule has 0 aliphatic carbocycles. The highest BCUT2D eigenvalue weighted by atomic mass is 19.4. The predicted molar refractivity (Wildman–Crippen MR) is 99.9 cm³/mol. The minimum absolute atomic E-state index is 0.0230. The highest BCUT2D eigenvalue weighted by molar-refractivity contribution is 6.09. The number of nitrogens with one attached hydrogen (secondary N) is 1. The molecule has 1 N–H and O–H groups in total. The summed E-state index contributed by atoms with van der Waals surface area (Å²) in [5, 5.41) is 10.2. The first kappa shape index (κ1) is 21.2. The molecule has 158 valence electrons. The van der Waals surface area contributed by atoms with Crippen molar-refractivity contribution in [1.82, 2.24) is 20.4 Å². The van der Waals surface area contributed by atoms with E-state index in [4.69, 9.17) is 0 Å². The van der Waals surface area contributed by atoms with Crippen molar-refractivity contribution in [3.05, 3.63) is 53.2 Å². The molecule has 1 aliphatic heterocycles. The molecule has 0 atom stereocenters. The minimum atomic E-state index is -4.73. The summed E-state index contributed by atoms with van der Waals surface area (Å²) in [6.07, 6.45) is -4.39. The maximum absolute atomic E-state index is 13.3. The standard InChI is InChI=1S/C19H18F3N5O3/c1-2-23-16(28)14-8-9-15(25-24-14)26-10-5-11-27(18(26)30)17(29)12-6-3-4-7-13(12)19(20,21)22/h3-4,6-9H,2,5,10-11H2,1H3,(H,23,28). The van der Waals surface area contributed by atoms with Crippen molar-refractivity contribution < 1.29 is 27.6 Å². The fourth-order valence-corrected chi connectivity index (χ4v) is 3.03. The number of hydrogen-bond donors (Lipinski definition) is 1. The molecule has 0 spiro atoms. The summed E-state index contributed by atoms with van der Waals surface area (Å²) in [5.74, 6) is -1.37. The number of benzene rings is 1. The lowest BCUT2D eigenvalue weighted by Crippen LogP contribution is -2.52. The fourth-order valence-electron chi connectivity index (χ4n) is 3.03. The zero-order valence-corrected chi connectivity index (χ0v) is 15.9. The number of urea groups is 1. The maximum atomic E-state index is 13.3. The van der Waals surface area contributed by atoms with Crippen molar-refractivity contribution >= 4 is 23.7 Å². The van der Waals surface area contributed by atoms with Gasteiger partial charge in [0.05, 0.1) is 11.1 Å². The Morgan fingerprint density at radius 3 is 2.47 bits per heavy atom. The molecule has 2 aromatic rings. The van der Waals surface area contributed by atoms with Gasteiger partial charge in [0.2, 0.25) is 0 Å². The smallest absolute Gasteiger partial charge is 0.351 e. The normalized spacial score (nSPS) is 14.6. The summed E-state index contributed by atoms with van der Waals surface area (Å²) in [5.41, 5.74) is -1.65. The fraction of sp³-hybridized carbons (Fsp3) is 0.316. The van der Waals surface area contributed by atoms with Gasteiger partial charge in [-0.15, -0.1) is 10.2 Å². The Morgan fingerprint density at radius 1 is 1.10 bits per heavy atom. The Labute approximate surface area is 169 Å². The van der Waals surface area contributed by atoms with Crippen LogP contribution in [0.15, 0.2) is 36.4 Å². The van der Waals surface area contributed by atoms with E-state index in [1.165, 1.54) is 24.3 Å². The lowest BCUT2D eigenvalue weighted by Gasteiger charge is -2.33. The first-order chi connectivity index (χ1) is 14.2. The number of carbonyl (C=O) groups is 3. The molecule has 3 rings (SSSR count). The Hall–Kier alpha value is -3.50. The number of hydrogen-bond acceptors (Lipinski definition) is 5. The lowest BCUT2D eigenvalue weighted by atomic mass is 10.1. The molecule has 2 heterocycles. The molecule has 1 aromatic carbocycles. The quantitative estimate of drug-likeness (QED) is 0.819. The molecule has 30 heavy (non-hydrogen) atoms. The summed E-state index contributed by atoms with van der Waals surface area (Å²) < 4.78 is 39.8. The monoisotopic (exact) mass is 421 g/mol. The minimum Gasteiger partial charge on any atom is -0.351 e. The third kappa shape index (κ3) is 4.24. The van der Waals surface area contributed by atoms with E-state index in [2.05, 4.69) is 15.5 Å². The summed E-state index contributed by atoms with van der Waals surface area (Å²) in [4.78, 5) is 39.3. The van der Waals surface area contributed by atoms with E-state index < -0.39 is 35.1 Å². The second kappa shape index (κ2) is 8.47. The molecule has 0 saturated carbocycles. The molecular weight excluding hydrogens is 403 g/mol. The van der Waals surface area contributed by atoms with Crippen LogP contribution in [0.3, 0.4) is 0 Å². The first-order valence-corrected chi connectivity index (χ1v) is 9.15. The maximum Gasteiger partial charge on any atom is 0.417 e. The number of alkyl halides is 3. The van der Waals surface area contributed by atoms with Crippen LogP contribution in [-0.4, -0.2) is 52.6 Å². The van der Waals surface area contributed by atoms with Crippen LogP contribution in [0, 0.1) is 0 Å². The largest absolute Gasteiger partial charge is 0.417 e.